The zero-order chi connectivity index (χ0) is 18.0. The normalized spacial score (nSPS) is 13.4. The number of fused-ring (bicyclic) bond motifs is 1. The summed E-state index contributed by atoms with van der Waals surface area (Å²) in [6, 6.07) is 5.54. The average molecular weight is 380 g/mol. The molecule has 0 saturated carbocycles. The number of halogens is 2. The monoisotopic (exact) mass is 379 g/mol. The predicted molar refractivity (Wildman–Crippen MR) is 104 cm³/mol. The number of ether oxygens (including phenoxy) is 1. The second kappa shape index (κ2) is 7.79. The molecule has 2 heterocycles. The van der Waals surface area contributed by atoms with Gasteiger partial charge in [0.15, 0.2) is 0 Å². The van der Waals surface area contributed by atoms with Gasteiger partial charge in [0, 0.05) is 11.6 Å². The Morgan fingerprint density at radius 2 is 1.96 bits per heavy atom. The van der Waals surface area contributed by atoms with Crippen LogP contribution in [0.1, 0.15) is 38.1 Å². The number of aryl methyl sites for hydroxylation is 1. The van der Waals surface area contributed by atoms with Gasteiger partial charge in [0.05, 0.1) is 22.9 Å². The van der Waals surface area contributed by atoms with Crippen LogP contribution in [0.2, 0.25) is 10.0 Å². The molecule has 0 bridgehead atoms. The van der Waals surface area contributed by atoms with Crippen molar-refractivity contribution in [1.82, 2.24) is 9.97 Å². The predicted octanol–water partition coefficient (Wildman–Crippen LogP) is 5.60. The molecule has 3 rings (SSSR count). The fourth-order valence-corrected chi connectivity index (χ4v) is 3.61. The van der Waals surface area contributed by atoms with Crippen LogP contribution < -0.4 is 9.64 Å². The average Bonchev–Trinajstić information content (AvgIpc) is 2.99. The number of hydrogen-bond acceptors (Lipinski definition) is 4. The highest BCUT2D eigenvalue weighted by molar-refractivity contribution is 6.36. The summed E-state index contributed by atoms with van der Waals surface area (Å²) in [4.78, 5) is 11.3. The molecule has 0 N–H and O–H groups in total. The summed E-state index contributed by atoms with van der Waals surface area (Å²) in [5.74, 6) is 2.85. The molecular weight excluding hydrogens is 357 g/mol. The van der Waals surface area contributed by atoms with Gasteiger partial charge in [0.25, 0.3) is 0 Å². The van der Waals surface area contributed by atoms with E-state index in [-0.39, 0.29) is 0 Å². The molecular formula is C19H23Cl2N3O. The Morgan fingerprint density at radius 3 is 2.64 bits per heavy atom. The maximum absolute atomic E-state index is 6.40. The van der Waals surface area contributed by atoms with Crippen LogP contribution in [0.3, 0.4) is 0 Å². The van der Waals surface area contributed by atoms with E-state index >= 15 is 0 Å². The Morgan fingerprint density at radius 1 is 1.20 bits per heavy atom. The molecule has 4 nitrogen and oxygen atoms in total. The molecule has 0 amide bonds. The lowest BCUT2D eigenvalue weighted by Crippen LogP contribution is -2.15. The van der Waals surface area contributed by atoms with Crippen molar-refractivity contribution in [2.75, 3.05) is 18.1 Å². The van der Waals surface area contributed by atoms with Gasteiger partial charge in [-0.2, -0.15) is 4.98 Å². The molecule has 1 aromatic carbocycles. The molecule has 0 spiro atoms. The number of hydrogen-bond donors (Lipinski definition) is 0. The first-order valence-electron chi connectivity index (χ1n) is 8.76. The lowest BCUT2D eigenvalue weighted by molar-refractivity contribution is 0.230. The number of anilines is 2. The zero-order valence-electron chi connectivity index (χ0n) is 14.9. The lowest BCUT2D eigenvalue weighted by atomic mass is 10.1. The Hall–Kier alpha value is -1.52. The molecule has 2 aromatic rings. The second-order valence-corrected chi connectivity index (χ2v) is 7.21. The number of nitrogens with zero attached hydrogens (tertiary/aromatic N) is 3. The molecule has 0 aliphatic carbocycles. The molecule has 0 saturated heterocycles. The van der Waals surface area contributed by atoms with Crippen molar-refractivity contribution in [3.63, 3.8) is 0 Å². The van der Waals surface area contributed by atoms with Crippen LogP contribution in [0.5, 0.6) is 5.88 Å². The van der Waals surface area contributed by atoms with Crippen molar-refractivity contribution in [3.8, 4) is 5.88 Å². The summed E-state index contributed by atoms with van der Waals surface area (Å²) in [5.41, 5.74) is 1.97. The van der Waals surface area contributed by atoms with Crippen molar-refractivity contribution in [1.29, 1.82) is 0 Å². The molecule has 25 heavy (non-hydrogen) atoms. The maximum atomic E-state index is 6.40. The van der Waals surface area contributed by atoms with Gasteiger partial charge in [-0.05, 0) is 37.5 Å². The summed E-state index contributed by atoms with van der Waals surface area (Å²) in [7, 11) is 0. The summed E-state index contributed by atoms with van der Waals surface area (Å²) in [6.45, 7) is 7.77. The van der Waals surface area contributed by atoms with Crippen LogP contribution in [-0.2, 0) is 6.42 Å². The third kappa shape index (κ3) is 3.85. The standard InChI is InChI=1S/C19H23Cl2N3O/c1-4-13(5-2)11-25-19-15-8-9-24(18(15)22-12(3)23-19)17-7-6-14(20)10-16(17)21/h6-7,10,13H,4-5,8-9,11H2,1-3H3. The van der Waals surface area contributed by atoms with E-state index in [1.54, 1.807) is 6.07 Å². The number of rotatable bonds is 6. The molecule has 1 aliphatic rings. The van der Waals surface area contributed by atoms with E-state index in [2.05, 4.69) is 28.7 Å². The maximum Gasteiger partial charge on any atom is 0.222 e. The molecule has 0 unspecified atom stereocenters. The quantitative estimate of drug-likeness (QED) is 0.654. The highest BCUT2D eigenvalue weighted by Crippen LogP contribution is 2.40. The second-order valence-electron chi connectivity index (χ2n) is 6.37. The van der Waals surface area contributed by atoms with Gasteiger partial charge < -0.3 is 9.64 Å². The van der Waals surface area contributed by atoms with Crippen molar-refractivity contribution < 1.29 is 4.74 Å². The van der Waals surface area contributed by atoms with Crippen molar-refractivity contribution >= 4 is 34.7 Å². The van der Waals surface area contributed by atoms with Crippen LogP contribution in [0.4, 0.5) is 11.5 Å². The number of aromatic nitrogens is 2. The molecule has 1 aliphatic heterocycles. The zero-order valence-corrected chi connectivity index (χ0v) is 16.4. The minimum Gasteiger partial charge on any atom is -0.477 e. The summed E-state index contributed by atoms with van der Waals surface area (Å²) >= 11 is 12.4. The first-order chi connectivity index (χ1) is 12.0. The molecule has 0 fully saturated rings. The molecule has 0 radical (unpaired) electrons. The van der Waals surface area contributed by atoms with Gasteiger partial charge in [-0.15, -0.1) is 0 Å². The Balaban J connectivity index is 1.92. The van der Waals surface area contributed by atoms with Gasteiger partial charge in [-0.1, -0.05) is 49.9 Å². The topological polar surface area (TPSA) is 38.3 Å². The summed E-state index contributed by atoms with van der Waals surface area (Å²) < 4.78 is 6.08. The minimum absolute atomic E-state index is 0.550. The Bertz CT molecular complexity index is 763. The fraction of sp³-hybridized carbons (Fsp3) is 0.474. The van der Waals surface area contributed by atoms with Crippen LogP contribution in [0, 0.1) is 12.8 Å². The van der Waals surface area contributed by atoms with E-state index in [4.69, 9.17) is 27.9 Å². The Labute approximate surface area is 159 Å². The SMILES string of the molecule is CCC(CC)COc1nc(C)nc2c1CCN2c1ccc(Cl)cc1Cl. The highest BCUT2D eigenvalue weighted by Gasteiger charge is 2.28. The van der Waals surface area contributed by atoms with E-state index in [0.717, 1.165) is 42.9 Å². The van der Waals surface area contributed by atoms with Crippen molar-refractivity contribution in [2.24, 2.45) is 5.92 Å². The molecule has 1 aromatic heterocycles. The largest absolute Gasteiger partial charge is 0.477 e. The van der Waals surface area contributed by atoms with Crippen molar-refractivity contribution in [3.05, 3.63) is 39.6 Å². The van der Waals surface area contributed by atoms with Crippen LogP contribution in [0.25, 0.3) is 0 Å². The smallest absolute Gasteiger partial charge is 0.222 e. The summed E-state index contributed by atoms with van der Waals surface area (Å²) in [5, 5.41) is 1.25. The van der Waals surface area contributed by atoms with Gasteiger partial charge in [0.1, 0.15) is 11.6 Å². The van der Waals surface area contributed by atoms with Gasteiger partial charge in [-0.3, -0.25) is 0 Å². The molecule has 6 heteroatoms. The van der Waals surface area contributed by atoms with Crippen LogP contribution in [0.15, 0.2) is 18.2 Å². The Kier molecular flexibility index (Phi) is 5.70. The first-order valence-corrected chi connectivity index (χ1v) is 9.52. The summed E-state index contributed by atoms with van der Waals surface area (Å²) in [6.07, 6.45) is 3.05. The van der Waals surface area contributed by atoms with E-state index < -0.39 is 0 Å². The fourth-order valence-electron chi connectivity index (χ4n) is 3.10. The van der Waals surface area contributed by atoms with E-state index in [1.165, 1.54) is 0 Å². The first kappa shape index (κ1) is 18.3. The van der Waals surface area contributed by atoms with Crippen LogP contribution >= 0.6 is 23.2 Å². The number of benzene rings is 1. The molecule has 134 valence electrons. The third-order valence-electron chi connectivity index (χ3n) is 4.71. The van der Waals surface area contributed by atoms with E-state index in [9.17, 15) is 0 Å². The lowest BCUT2D eigenvalue weighted by Gasteiger charge is -2.21. The van der Waals surface area contributed by atoms with Crippen LogP contribution in [-0.4, -0.2) is 23.1 Å². The van der Waals surface area contributed by atoms with Gasteiger partial charge in [-0.25, -0.2) is 4.98 Å². The van der Waals surface area contributed by atoms with E-state index in [0.29, 0.717) is 34.3 Å². The van der Waals surface area contributed by atoms with Gasteiger partial charge in [0.2, 0.25) is 5.88 Å². The highest BCUT2D eigenvalue weighted by atomic mass is 35.5. The van der Waals surface area contributed by atoms with E-state index in [1.807, 2.05) is 19.1 Å². The third-order valence-corrected chi connectivity index (χ3v) is 5.25. The van der Waals surface area contributed by atoms with Gasteiger partial charge >= 0.3 is 0 Å². The molecule has 0 atom stereocenters. The van der Waals surface area contributed by atoms with Crippen molar-refractivity contribution in [2.45, 2.75) is 40.0 Å². The minimum atomic E-state index is 0.550.